The summed E-state index contributed by atoms with van der Waals surface area (Å²) >= 11 is 0. The lowest BCUT2D eigenvalue weighted by Crippen LogP contribution is -2.70. The Bertz CT molecular complexity index is 1270. The molecular formula is C37H56N2O8. The van der Waals surface area contributed by atoms with Gasteiger partial charge in [0.2, 0.25) is 5.79 Å². The summed E-state index contributed by atoms with van der Waals surface area (Å²) in [5.41, 5.74) is 2.34. The predicted octanol–water partition coefficient (Wildman–Crippen LogP) is 6.55. The van der Waals surface area contributed by atoms with E-state index >= 15 is 0 Å². The highest BCUT2D eigenvalue weighted by atomic mass is 16.7. The summed E-state index contributed by atoms with van der Waals surface area (Å²) in [6.07, 6.45) is 9.29. The van der Waals surface area contributed by atoms with Crippen molar-refractivity contribution in [3.05, 3.63) is 48.1 Å². The number of hydrogen-bond acceptors (Lipinski definition) is 9. The minimum atomic E-state index is -1.33. The van der Waals surface area contributed by atoms with Crippen molar-refractivity contribution in [2.24, 2.45) is 28.3 Å². The Kier molecular flexibility index (Phi) is 12.8. The van der Waals surface area contributed by atoms with Crippen LogP contribution in [0.4, 0.5) is 4.79 Å². The number of aliphatic hydroxyl groups excluding tert-OH is 2. The maximum atomic E-state index is 14.0. The van der Waals surface area contributed by atoms with Gasteiger partial charge in [-0.15, -0.1) is 6.58 Å². The number of oxime groups is 1. The molecular weight excluding hydrogens is 600 g/mol. The maximum absolute atomic E-state index is 14.0. The fraction of sp³-hybridized carbons (Fsp3) is 0.676. The molecule has 47 heavy (non-hydrogen) atoms. The molecule has 0 spiro atoms. The lowest BCUT2D eigenvalue weighted by atomic mass is 9.55. The Hall–Kier alpha value is -3.08. The number of carbonyl (C=O) groups excluding carboxylic acids is 1. The van der Waals surface area contributed by atoms with Crippen LogP contribution in [0.15, 0.2) is 47.7 Å². The largest absolute Gasteiger partial charge is 0.508 e. The Morgan fingerprint density at radius 2 is 1.89 bits per heavy atom. The second kappa shape index (κ2) is 16.3. The van der Waals surface area contributed by atoms with Crippen LogP contribution in [0.1, 0.15) is 90.5 Å². The number of ether oxygens (including phenoxy) is 3. The zero-order valence-corrected chi connectivity index (χ0v) is 29.0. The van der Waals surface area contributed by atoms with E-state index in [1.54, 1.807) is 29.2 Å². The molecule has 10 nitrogen and oxygen atoms in total. The highest BCUT2D eigenvalue weighted by Crippen LogP contribution is 2.61. The third kappa shape index (κ3) is 8.15. The van der Waals surface area contributed by atoms with Gasteiger partial charge < -0.3 is 34.4 Å². The Morgan fingerprint density at radius 3 is 2.53 bits per heavy atom. The van der Waals surface area contributed by atoms with E-state index in [9.17, 15) is 20.1 Å². The highest BCUT2D eigenvalue weighted by Gasteiger charge is 2.65. The van der Waals surface area contributed by atoms with Gasteiger partial charge >= 0.3 is 6.09 Å². The molecule has 0 saturated heterocycles. The van der Waals surface area contributed by atoms with Crippen molar-refractivity contribution >= 4 is 11.8 Å². The van der Waals surface area contributed by atoms with E-state index in [1.165, 1.54) is 7.11 Å². The fourth-order valence-corrected chi connectivity index (χ4v) is 7.74. The van der Waals surface area contributed by atoms with Gasteiger partial charge in [-0.1, -0.05) is 57.8 Å². The maximum Gasteiger partial charge on any atom is 0.410 e. The summed E-state index contributed by atoms with van der Waals surface area (Å²) in [7, 11) is 1.53. The molecule has 4 rings (SSSR count). The van der Waals surface area contributed by atoms with Crippen LogP contribution in [-0.2, 0) is 14.3 Å². The monoisotopic (exact) mass is 656 g/mol. The van der Waals surface area contributed by atoms with Gasteiger partial charge in [0.1, 0.15) is 24.7 Å². The van der Waals surface area contributed by atoms with Crippen LogP contribution in [-0.4, -0.2) is 83.9 Å². The smallest absolute Gasteiger partial charge is 0.410 e. The third-order valence-electron chi connectivity index (χ3n) is 9.56. The number of benzene rings is 1. The van der Waals surface area contributed by atoms with Gasteiger partial charge in [0.25, 0.3) is 0 Å². The van der Waals surface area contributed by atoms with Crippen LogP contribution < -0.4 is 4.74 Å². The highest BCUT2D eigenvalue weighted by molar-refractivity contribution is 6.02. The number of phenolic OH excluding ortho intramolecular Hbond substituents is 1. The molecule has 2 aliphatic carbocycles. The summed E-state index contributed by atoms with van der Waals surface area (Å²) in [6, 6.07) is 4.58. The molecule has 3 aliphatic rings. The van der Waals surface area contributed by atoms with Crippen LogP contribution in [0.3, 0.4) is 0 Å². The summed E-state index contributed by atoms with van der Waals surface area (Å²) in [5.74, 6) is -0.940. The van der Waals surface area contributed by atoms with Crippen molar-refractivity contribution in [3.63, 3.8) is 0 Å². The van der Waals surface area contributed by atoms with E-state index < -0.39 is 23.8 Å². The van der Waals surface area contributed by atoms with Gasteiger partial charge in [-0.3, -0.25) is 4.90 Å². The number of rotatable bonds is 16. The topological polar surface area (TPSA) is 130 Å². The molecule has 1 fully saturated rings. The molecule has 10 heteroatoms. The number of allylic oxidation sites excluding steroid dienone is 1. The number of carbonyl (C=O) groups is 1. The molecule has 1 saturated carbocycles. The van der Waals surface area contributed by atoms with Crippen LogP contribution in [0.2, 0.25) is 0 Å². The molecule has 1 aromatic carbocycles. The van der Waals surface area contributed by atoms with Crippen molar-refractivity contribution in [1.29, 1.82) is 0 Å². The summed E-state index contributed by atoms with van der Waals surface area (Å²) < 4.78 is 19.8. The minimum absolute atomic E-state index is 0.0974. The third-order valence-corrected chi connectivity index (χ3v) is 9.56. The first-order valence-electron chi connectivity index (χ1n) is 17.3. The van der Waals surface area contributed by atoms with Crippen LogP contribution in [0, 0.1) is 23.2 Å². The van der Waals surface area contributed by atoms with Crippen molar-refractivity contribution in [2.45, 2.75) is 96.8 Å². The van der Waals surface area contributed by atoms with Crippen LogP contribution in [0.25, 0.3) is 0 Å². The number of aliphatic hydroxyl groups is 2. The summed E-state index contributed by atoms with van der Waals surface area (Å²) in [5, 5.41) is 34.7. The molecule has 1 aromatic rings. The lowest BCUT2D eigenvalue weighted by Gasteiger charge is -2.59. The number of nitrogens with zero attached hydrogens (tertiary/aromatic N) is 2. The quantitative estimate of drug-likeness (QED) is 0.104. The van der Waals surface area contributed by atoms with Crippen molar-refractivity contribution in [3.8, 4) is 11.5 Å². The number of phenols is 1. The average molecular weight is 657 g/mol. The Balaban J connectivity index is 1.98. The van der Waals surface area contributed by atoms with Gasteiger partial charge in [0.15, 0.2) is 0 Å². The first-order valence-corrected chi connectivity index (χ1v) is 17.3. The first-order chi connectivity index (χ1) is 22.5. The van der Waals surface area contributed by atoms with Crippen molar-refractivity contribution in [1.82, 2.24) is 4.90 Å². The van der Waals surface area contributed by atoms with Crippen LogP contribution >= 0.6 is 0 Å². The summed E-state index contributed by atoms with van der Waals surface area (Å²) in [4.78, 5) is 21.2. The van der Waals surface area contributed by atoms with E-state index in [4.69, 9.17) is 19.0 Å². The van der Waals surface area contributed by atoms with Crippen LogP contribution in [0.5, 0.6) is 11.5 Å². The van der Waals surface area contributed by atoms with E-state index in [1.807, 2.05) is 27.7 Å². The first kappa shape index (κ1) is 36.8. The molecule has 262 valence electrons. The SMILES string of the molecule is C=CCO[C@@]12Oc3ccc(O)cc3[C@H]3[C@H](CCCCO)[C@@H](CCCCO)C=C(C(=NOC)C[C@@H]1N(CCC)C(=O)OCC(C)(C)C)[C@H]32. The summed E-state index contributed by atoms with van der Waals surface area (Å²) in [6.45, 7) is 13.1. The molecule has 0 bridgehead atoms. The van der Waals surface area contributed by atoms with E-state index in [0.29, 0.717) is 38.0 Å². The van der Waals surface area contributed by atoms with Gasteiger partial charge in [-0.05, 0) is 73.1 Å². The molecule has 0 aromatic heterocycles. The molecule has 1 amide bonds. The zero-order valence-electron chi connectivity index (χ0n) is 29.0. The standard InChI is InChI=1S/C37H56N2O8/c1-7-17-39(35(43)45-24-36(3,4)5)32-23-30(38-44-6)28-21-25(13-9-11-18-40)27(14-10-12-19-41)33-29-22-26(42)15-16-31(29)47-37(32,34(28)33)46-20-8-2/h8,15-16,21-22,25,27,32-34,40-42H,2,7,9-14,17-20,23-24H2,1,3-6H3/t25-,27+,32-,33+,34+,37+/m0/s1. The fourth-order valence-electron chi connectivity index (χ4n) is 7.74. The molecule has 1 heterocycles. The Morgan fingerprint density at radius 1 is 1.17 bits per heavy atom. The Labute approximate surface area is 280 Å². The number of amides is 1. The molecule has 0 radical (unpaired) electrons. The van der Waals surface area contributed by atoms with Gasteiger partial charge in [-0.2, -0.15) is 0 Å². The van der Waals surface area contributed by atoms with Gasteiger partial charge in [0, 0.05) is 37.7 Å². The van der Waals surface area contributed by atoms with Gasteiger partial charge in [-0.25, -0.2) is 4.79 Å². The number of aromatic hydroxyl groups is 1. The second-order valence-corrected chi connectivity index (χ2v) is 14.3. The van der Waals surface area contributed by atoms with Crippen molar-refractivity contribution in [2.75, 3.05) is 40.1 Å². The van der Waals surface area contributed by atoms with Crippen molar-refractivity contribution < 1.29 is 39.2 Å². The molecule has 3 N–H and O–H groups in total. The minimum Gasteiger partial charge on any atom is -0.508 e. The normalized spacial score (nSPS) is 27.3. The average Bonchev–Trinajstić information content (AvgIpc) is 3.03. The van der Waals surface area contributed by atoms with E-state index in [-0.39, 0.29) is 55.3 Å². The predicted molar refractivity (Wildman–Crippen MR) is 181 cm³/mol. The lowest BCUT2D eigenvalue weighted by molar-refractivity contribution is -0.255. The zero-order chi connectivity index (χ0) is 34.2. The van der Waals surface area contributed by atoms with E-state index in [0.717, 1.165) is 42.5 Å². The molecule has 6 atom stereocenters. The molecule has 1 aliphatic heterocycles. The van der Waals surface area contributed by atoms with Gasteiger partial charge in [0.05, 0.1) is 24.8 Å². The number of hydrogen-bond donors (Lipinski definition) is 3. The van der Waals surface area contributed by atoms with E-state index in [2.05, 4.69) is 17.8 Å². The second-order valence-electron chi connectivity index (χ2n) is 14.3. The number of fused-ring (bicyclic) bond motifs is 2. The number of unbranched alkanes of at least 4 members (excludes halogenated alkanes) is 2. The molecule has 0 unspecified atom stereocenters.